The SMILES string of the molecule is Cc1ccc(-c2nnn(CC(=O)c3ccc(Cl)cc3)n2)cc1. The highest BCUT2D eigenvalue weighted by Crippen LogP contribution is 2.14. The number of aryl methyl sites for hydroxylation is 1. The molecule has 0 aliphatic carbocycles. The van der Waals surface area contributed by atoms with E-state index in [-0.39, 0.29) is 12.3 Å². The highest BCUT2D eigenvalue weighted by molar-refractivity contribution is 6.30. The summed E-state index contributed by atoms with van der Waals surface area (Å²) >= 11 is 5.81. The lowest BCUT2D eigenvalue weighted by molar-refractivity contribution is 0.0961. The quantitative estimate of drug-likeness (QED) is 0.694. The smallest absolute Gasteiger partial charge is 0.204 e. The van der Waals surface area contributed by atoms with Crippen molar-refractivity contribution in [1.82, 2.24) is 20.2 Å². The Kier molecular flexibility index (Phi) is 3.98. The van der Waals surface area contributed by atoms with Gasteiger partial charge in [0.15, 0.2) is 5.78 Å². The van der Waals surface area contributed by atoms with E-state index in [9.17, 15) is 4.79 Å². The number of Topliss-reactive ketones (excluding diaryl/α,β-unsaturated/α-hetero) is 1. The molecule has 0 radical (unpaired) electrons. The summed E-state index contributed by atoms with van der Waals surface area (Å²) in [7, 11) is 0. The van der Waals surface area contributed by atoms with Crippen LogP contribution in [0.4, 0.5) is 0 Å². The van der Waals surface area contributed by atoms with Crippen molar-refractivity contribution in [1.29, 1.82) is 0 Å². The molecule has 0 bridgehead atoms. The van der Waals surface area contributed by atoms with Crippen molar-refractivity contribution >= 4 is 17.4 Å². The minimum absolute atomic E-state index is 0.0422. The van der Waals surface area contributed by atoms with Gasteiger partial charge in [-0.1, -0.05) is 41.4 Å². The van der Waals surface area contributed by atoms with Crippen molar-refractivity contribution < 1.29 is 4.79 Å². The summed E-state index contributed by atoms with van der Waals surface area (Å²) in [5.74, 6) is 0.411. The zero-order valence-corrected chi connectivity index (χ0v) is 12.7. The number of tetrazole rings is 1. The van der Waals surface area contributed by atoms with Crippen molar-refractivity contribution in [2.75, 3.05) is 0 Å². The Morgan fingerprint density at radius 3 is 2.45 bits per heavy atom. The zero-order valence-electron chi connectivity index (χ0n) is 11.9. The lowest BCUT2D eigenvalue weighted by Crippen LogP contribution is -2.13. The average molecular weight is 313 g/mol. The first-order valence-electron chi connectivity index (χ1n) is 6.75. The molecule has 0 saturated heterocycles. The second kappa shape index (κ2) is 6.07. The van der Waals surface area contributed by atoms with Crippen LogP contribution in [0.5, 0.6) is 0 Å². The van der Waals surface area contributed by atoms with E-state index in [2.05, 4.69) is 15.4 Å². The highest BCUT2D eigenvalue weighted by atomic mass is 35.5. The van der Waals surface area contributed by atoms with Crippen LogP contribution in [0.25, 0.3) is 11.4 Å². The topological polar surface area (TPSA) is 60.7 Å². The average Bonchev–Trinajstić information content (AvgIpc) is 2.97. The fraction of sp³-hybridized carbons (Fsp3) is 0.125. The maximum Gasteiger partial charge on any atom is 0.204 e. The predicted octanol–water partition coefficient (Wildman–Crippen LogP) is 3.18. The summed E-state index contributed by atoms with van der Waals surface area (Å²) in [6.45, 7) is 2.05. The third-order valence-electron chi connectivity index (χ3n) is 3.21. The van der Waals surface area contributed by atoms with Crippen LogP contribution in [0.15, 0.2) is 48.5 Å². The van der Waals surface area contributed by atoms with E-state index in [0.717, 1.165) is 11.1 Å². The number of ketones is 1. The van der Waals surface area contributed by atoms with Gasteiger partial charge in [-0.15, -0.1) is 10.2 Å². The van der Waals surface area contributed by atoms with Gasteiger partial charge in [-0.25, -0.2) is 0 Å². The Morgan fingerprint density at radius 1 is 1.09 bits per heavy atom. The lowest BCUT2D eigenvalue weighted by Gasteiger charge is -2.00. The number of carbonyl (C=O) groups is 1. The van der Waals surface area contributed by atoms with Crippen LogP contribution >= 0.6 is 11.6 Å². The van der Waals surface area contributed by atoms with E-state index >= 15 is 0 Å². The Morgan fingerprint density at radius 2 is 1.77 bits per heavy atom. The van der Waals surface area contributed by atoms with Gasteiger partial charge in [0.25, 0.3) is 0 Å². The molecule has 3 rings (SSSR count). The van der Waals surface area contributed by atoms with Crippen LogP contribution in [0.1, 0.15) is 15.9 Å². The second-order valence-corrected chi connectivity index (χ2v) is 5.38. The van der Waals surface area contributed by atoms with Crippen LogP contribution in [-0.2, 0) is 6.54 Å². The number of carbonyl (C=O) groups excluding carboxylic acids is 1. The molecule has 3 aromatic rings. The molecule has 0 aliphatic rings. The molecule has 0 N–H and O–H groups in total. The molecule has 5 nitrogen and oxygen atoms in total. The zero-order chi connectivity index (χ0) is 15.5. The van der Waals surface area contributed by atoms with Crippen LogP contribution < -0.4 is 0 Å². The molecule has 1 aromatic heterocycles. The van der Waals surface area contributed by atoms with Gasteiger partial charge in [-0.05, 0) is 36.4 Å². The number of hydrogen-bond acceptors (Lipinski definition) is 4. The number of aromatic nitrogens is 4. The van der Waals surface area contributed by atoms with Crippen molar-refractivity contribution in [2.45, 2.75) is 13.5 Å². The van der Waals surface area contributed by atoms with E-state index < -0.39 is 0 Å². The first-order chi connectivity index (χ1) is 10.6. The first kappa shape index (κ1) is 14.4. The molecule has 2 aromatic carbocycles. The Balaban J connectivity index is 1.75. The van der Waals surface area contributed by atoms with E-state index in [1.165, 1.54) is 4.80 Å². The minimum atomic E-state index is -0.0930. The Bertz CT molecular complexity index is 794. The highest BCUT2D eigenvalue weighted by Gasteiger charge is 2.11. The van der Waals surface area contributed by atoms with Crippen LogP contribution in [-0.4, -0.2) is 26.0 Å². The number of halogens is 1. The summed E-state index contributed by atoms with van der Waals surface area (Å²) < 4.78 is 0. The van der Waals surface area contributed by atoms with Gasteiger partial charge in [0.1, 0.15) is 6.54 Å². The van der Waals surface area contributed by atoms with Gasteiger partial charge in [0, 0.05) is 16.1 Å². The van der Waals surface area contributed by atoms with Crippen molar-refractivity contribution in [2.24, 2.45) is 0 Å². The summed E-state index contributed by atoms with van der Waals surface area (Å²) in [6.07, 6.45) is 0. The molecule has 0 aliphatic heterocycles. The van der Waals surface area contributed by atoms with Gasteiger partial charge in [-0.2, -0.15) is 4.80 Å². The van der Waals surface area contributed by atoms with Crippen LogP contribution in [0, 0.1) is 6.92 Å². The summed E-state index contributed by atoms with van der Waals surface area (Å²) in [5.41, 5.74) is 2.60. The molecule has 0 spiro atoms. The second-order valence-electron chi connectivity index (χ2n) is 4.94. The normalized spacial score (nSPS) is 10.6. The van der Waals surface area contributed by atoms with E-state index in [1.807, 2.05) is 31.2 Å². The van der Waals surface area contributed by atoms with Crippen molar-refractivity contribution in [3.63, 3.8) is 0 Å². The number of rotatable bonds is 4. The molecule has 1 heterocycles. The fourth-order valence-corrected chi connectivity index (χ4v) is 2.11. The maximum absolute atomic E-state index is 12.1. The van der Waals surface area contributed by atoms with Crippen LogP contribution in [0.3, 0.4) is 0 Å². The Labute approximate surface area is 132 Å². The van der Waals surface area contributed by atoms with Gasteiger partial charge in [0.05, 0.1) is 0 Å². The van der Waals surface area contributed by atoms with E-state index in [0.29, 0.717) is 16.4 Å². The van der Waals surface area contributed by atoms with E-state index in [1.54, 1.807) is 24.3 Å². The number of benzene rings is 2. The maximum atomic E-state index is 12.1. The molecule has 0 atom stereocenters. The van der Waals surface area contributed by atoms with Crippen molar-refractivity contribution in [3.05, 3.63) is 64.7 Å². The number of hydrogen-bond donors (Lipinski definition) is 0. The molecule has 0 fully saturated rings. The molecule has 22 heavy (non-hydrogen) atoms. The van der Waals surface area contributed by atoms with Crippen LogP contribution in [0.2, 0.25) is 5.02 Å². The standard InChI is InChI=1S/C16H13ClN4O/c1-11-2-4-13(5-3-11)16-18-20-21(19-16)10-15(22)12-6-8-14(17)9-7-12/h2-9H,10H2,1H3. The van der Waals surface area contributed by atoms with Gasteiger partial charge in [0.2, 0.25) is 5.82 Å². The van der Waals surface area contributed by atoms with Gasteiger partial charge in [-0.3, -0.25) is 4.79 Å². The van der Waals surface area contributed by atoms with E-state index in [4.69, 9.17) is 11.6 Å². The van der Waals surface area contributed by atoms with Gasteiger partial charge < -0.3 is 0 Å². The molecule has 0 unspecified atom stereocenters. The largest absolute Gasteiger partial charge is 0.292 e. The molecule has 0 saturated carbocycles. The third-order valence-corrected chi connectivity index (χ3v) is 3.47. The van der Waals surface area contributed by atoms with Crippen molar-refractivity contribution in [3.8, 4) is 11.4 Å². The Hall–Kier alpha value is -2.53. The fourth-order valence-electron chi connectivity index (χ4n) is 1.98. The van der Waals surface area contributed by atoms with Gasteiger partial charge >= 0.3 is 0 Å². The minimum Gasteiger partial charge on any atom is -0.292 e. The first-order valence-corrected chi connectivity index (χ1v) is 7.13. The molecule has 6 heteroatoms. The lowest BCUT2D eigenvalue weighted by atomic mass is 10.1. The third kappa shape index (κ3) is 3.20. The summed E-state index contributed by atoms with van der Waals surface area (Å²) in [4.78, 5) is 13.4. The predicted molar refractivity (Wildman–Crippen MR) is 83.8 cm³/mol. The molecule has 0 amide bonds. The summed E-state index contributed by atoms with van der Waals surface area (Å²) in [6, 6.07) is 14.5. The molecular formula is C16H13ClN4O. The number of nitrogens with zero attached hydrogens (tertiary/aromatic N) is 4. The molecular weight excluding hydrogens is 300 g/mol. The molecule has 110 valence electrons. The summed E-state index contributed by atoms with van der Waals surface area (Å²) in [5, 5.41) is 12.7. The monoisotopic (exact) mass is 312 g/mol.